The van der Waals surface area contributed by atoms with E-state index in [1.54, 1.807) is 32.0 Å². The summed E-state index contributed by atoms with van der Waals surface area (Å²) in [5.74, 6) is -0.531. The molecule has 1 unspecified atom stereocenters. The number of esters is 1. The number of thiazole rings is 1. The first-order chi connectivity index (χ1) is 13.9. The standard InChI is InChI=1S/C17H17N7O3S2/c1-3-27-14(26)10-4-5-11-12(8-10)29-16(20-11)21-13(25)9(2)24-15(19)22-23-17(24)28-7-6-18/h4-5,8-9H,3,7H2,1-2H3,(H2,19,22)(H,20,21,25). The van der Waals surface area contributed by atoms with Crippen LogP contribution in [0.1, 0.15) is 30.2 Å². The van der Waals surface area contributed by atoms with Crippen LogP contribution in [0.15, 0.2) is 23.4 Å². The number of hydrogen-bond acceptors (Lipinski definition) is 10. The summed E-state index contributed by atoms with van der Waals surface area (Å²) in [6.45, 7) is 3.68. The van der Waals surface area contributed by atoms with Crippen LogP contribution in [0.5, 0.6) is 0 Å². The third-order valence-electron chi connectivity index (χ3n) is 3.85. The molecule has 3 aromatic rings. The summed E-state index contributed by atoms with van der Waals surface area (Å²) in [4.78, 5) is 28.9. The molecule has 0 saturated carbocycles. The second kappa shape index (κ2) is 8.89. The minimum Gasteiger partial charge on any atom is -0.462 e. The van der Waals surface area contributed by atoms with E-state index in [2.05, 4.69) is 20.5 Å². The number of rotatable bonds is 7. The van der Waals surface area contributed by atoms with E-state index in [1.165, 1.54) is 15.9 Å². The molecule has 0 aliphatic rings. The normalized spacial score (nSPS) is 11.8. The van der Waals surface area contributed by atoms with Crippen molar-refractivity contribution in [2.45, 2.75) is 25.0 Å². The van der Waals surface area contributed by atoms with Gasteiger partial charge in [0, 0.05) is 0 Å². The van der Waals surface area contributed by atoms with Crippen molar-refractivity contribution in [2.75, 3.05) is 23.4 Å². The molecule has 0 radical (unpaired) electrons. The van der Waals surface area contributed by atoms with Gasteiger partial charge in [0.1, 0.15) is 6.04 Å². The van der Waals surface area contributed by atoms with Crippen LogP contribution in [0.4, 0.5) is 11.1 Å². The van der Waals surface area contributed by atoms with Crippen LogP contribution in [0.3, 0.4) is 0 Å². The van der Waals surface area contributed by atoms with E-state index in [1.807, 2.05) is 6.07 Å². The number of nitrogens with one attached hydrogen (secondary N) is 1. The number of nitrogens with zero attached hydrogens (tertiary/aromatic N) is 5. The van der Waals surface area contributed by atoms with Crippen LogP contribution in [0.2, 0.25) is 0 Å². The van der Waals surface area contributed by atoms with E-state index < -0.39 is 12.0 Å². The Labute approximate surface area is 174 Å². The fourth-order valence-electron chi connectivity index (χ4n) is 2.49. The SMILES string of the molecule is CCOC(=O)c1ccc2nc(NC(=O)C(C)n3c(N)nnc3SCC#N)sc2c1. The van der Waals surface area contributed by atoms with E-state index in [9.17, 15) is 9.59 Å². The Bertz CT molecular complexity index is 1100. The molecule has 1 atom stereocenters. The number of amides is 1. The Kier molecular flexibility index (Phi) is 6.30. The number of anilines is 2. The molecule has 1 aromatic carbocycles. The number of nitrogens with two attached hydrogens (primary N) is 1. The average molecular weight is 432 g/mol. The number of fused-ring (bicyclic) bond motifs is 1. The van der Waals surface area contributed by atoms with Crippen molar-refractivity contribution < 1.29 is 14.3 Å². The topological polar surface area (TPSA) is 149 Å². The van der Waals surface area contributed by atoms with Crippen LogP contribution in [-0.4, -0.2) is 44.0 Å². The first-order valence-electron chi connectivity index (χ1n) is 8.53. The number of nitriles is 1. The van der Waals surface area contributed by atoms with Crippen molar-refractivity contribution in [3.8, 4) is 6.07 Å². The number of carbonyl (C=O) groups is 2. The van der Waals surface area contributed by atoms with E-state index >= 15 is 0 Å². The van der Waals surface area contributed by atoms with Gasteiger partial charge < -0.3 is 15.8 Å². The number of carbonyl (C=O) groups excluding carboxylic acids is 2. The van der Waals surface area contributed by atoms with Gasteiger partial charge in [0.2, 0.25) is 11.9 Å². The molecule has 1 amide bonds. The summed E-state index contributed by atoms with van der Waals surface area (Å²) in [5, 5.41) is 19.9. The number of hydrogen-bond donors (Lipinski definition) is 2. The molecule has 150 valence electrons. The maximum atomic E-state index is 12.7. The van der Waals surface area contributed by atoms with Gasteiger partial charge in [0.25, 0.3) is 0 Å². The Hall–Kier alpha value is -3.17. The highest BCUT2D eigenvalue weighted by Gasteiger charge is 2.23. The second-order valence-corrected chi connectivity index (χ2v) is 7.72. The Balaban J connectivity index is 1.78. The van der Waals surface area contributed by atoms with E-state index in [0.29, 0.717) is 28.0 Å². The molecule has 0 bridgehead atoms. The molecule has 12 heteroatoms. The summed E-state index contributed by atoms with van der Waals surface area (Å²) in [7, 11) is 0. The van der Waals surface area contributed by atoms with Crippen LogP contribution < -0.4 is 11.1 Å². The molecule has 0 aliphatic heterocycles. The molecule has 2 aromatic heterocycles. The lowest BCUT2D eigenvalue weighted by molar-refractivity contribution is -0.118. The molecular weight excluding hydrogens is 414 g/mol. The highest BCUT2D eigenvalue weighted by atomic mass is 32.2. The fraction of sp³-hybridized carbons (Fsp3) is 0.294. The second-order valence-electron chi connectivity index (χ2n) is 5.74. The molecule has 3 rings (SSSR count). The number of ether oxygens (including phenoxy) is 1. The zero-order chi connectivity index (χ0) is 21.0. The van der Waals surface area contributed by atoms with Crippen molar-refractivity contribution in [2.24, 2.45) is 0 Å². The molecule has 29 heavy (non-hydrogen) atoms. The molecule has 0 fully saturated rings. The third kappa shape index (κ3) is 4.47. The number of benzene rings is 1. The molecule has 10 nitrogen and oxygen atoms in total. The van der Waals surface area contributed by atoms with Gasteiger partial charge in [0.15, 0.2) is 10.3 Å². The molecule has 0 spiro atoms. The van der Waals surface area contributed by atoms with Gasteiger partial charge in [0.05, 0.1) is 34.2 Å². The third-order valence-corrected chi connectivity index (χ3v) is 5.60. The lowest BCUT2D eigenvalue weighted by Gasteiger charge is -2.14. The van der Waals surface area contributed by atoms with Gasteiger partial charge in [-0.2, -0.15) is 5.26 Å². The average Bonchev–Trinajstić information content (AvgIpc) is 3.27. The molecule has 0 saturated heterocycles. The van der Waals surface area contributed by atoms with Crippen LogP contribution in [0, 0.1) is 11.3 Å². The van der Waals surface area contributed by atoms with Crippen LogP contribution in [0.25, 0.3) is 10.2 Å². The summed E-state index contributed by atoms with van der Waals surface area (Å²) in [6, 6.07) is 6.29. The smallest absolute Gasteiger partial charge is 0.338 e. The summed E-state index contributed by atoms with van der Waals surface area (Å²) in [5.41, 5.74) is 6.91. The van der Waals surface area contributed by atoms with E-state index in [-0.39, 0.29) is 17.6 Å². The van der Waals surface area contributed by atoms with E-state index in [4.69, 9.17) is 15.7 Å². The Morgan fingerprint density at radius 2 is 2.24 bits per heavy atom. The predicted molar refractivity (Wildman–Crippen MR) is 110 cm³/mol. The molecule has 3 N–H and O–H groups in total. The lowest BCUT2D eigenvalue weighted by Crippen LogP contribution is -2.25. The Morgan fingerprint density at radius 3 is 2.97 bits per heavy atom. The lowest BCUT2D eigenvalue weighted by atomic mass is 10.2. The predicted octanol–water partition coefficient (Wildman–Crippen LogP) is 2.46. The molecule has 0 aliphatic carbocycles. The Morgan fingerprint density at radius 1 is 1.45 bits per heavy atom. The largest absolute Gasteiger partial charge is 0.462 e. The monoisotopic (exact) mass is 431 g/mol. The van der Waals surface area contributed by atoms with E-state index in [0.717, 1.165) is 16.5 Å². The zero-order valence-electron chi connectivity index (χ0n) is 15.6. The number of thioether (sulfide) groups is 1. The van der Waals surface area contributed by atoms with Crippen molar-refractivity contribution in [3.63, 3.8) is 0 Å². The highest BCUT2D eigenvalue weighted by molar-refractivity contribution is 7.99. The number of nitrogen functional groups attached to an aromatic ring is 1. The molecular formula is C17H17N7O3S2. The van der Waals surface area contributed by atoms with Gasteiger partial charge in [-0.25, -0.2) is 9.78 Å². The maximum Gasteiger partial charge on any atom is 0.338 e. The fourth-order valence-corrected chi connectivity index (χ4v) is 4.09. The van der Waals surface area contributed by atoms with Gasteiger partial charge in [-0.15, -0.1) is 10.2 Å². The van der Waals surface area contributed by atoms with Gasteiger partial charge in [-0.05, 0) is 32.0 Å². The molecule has 2 heterocycles. The van der Waals surface area contributed by atoms with Gasteiger partial charge in [-0.3, -0.25) is 9.36 Å². The first-order valence-corrected chi connectivity index (χ1v) is 10.3. The first kappa shape index (κ1) is 20.6. The van der Waals surface area contributed by atoms with Crippen molar-refractivity contribution >= 4 is 56.3 Å². The minimum atomic E-state index is -0.715. The van der Waals surface area contributed by atoms with Crippen molar-refractivity contribution in [1.82, 2.24) is 19.7 Å². The summed E-state index contributed by atoms with van der Waals surface area (Å²) < 4.78 is 7.20. The quantitative estimate of drug-likeness (QED) is 0.425. The summed E-state index contributed by atoms with van der Waals surface area (Å²) >= 11 is 2.38. The van der Waals surface area contributed by atoms with Gasteiger partial charge >= 0.3 is 5.97 Å². The zero-order valence-corrected chi connectivity index (χ0v) is 17.2. The van der Waals surface area contributed by atoms with Gasteiger partial charge in [-0.1, -0.05) is 23.1 Å². The highest BCUT2D eigenvalue weighted by Crippen LogP contribution is 2.29. The maximum absolute atomic E-state index is 12.7. The summed E-state index contributed by atoms with van der Waals surface area (Å²) in [6.07, 6.45) is 0. The van der Waals surface area contributed by atoms with Crippen molar-refractivity contribution in [3.05, 3.63) is 23.8 Å². The number of aromatic nitrogens is 4. The minimum absolute atomic E-state index is 0.0801. The van der Waals surface area contributed by atoms with Crippen LogP contribution in [-0.2, 0) is 9.53 Å². The van der Waals surface area contributed by atoms with Crippen molar-refractivity contribution in [1.29, 1.82) is 5.26 Å². The van der Waals surface area contributed by atoms with Crippen LogP contribution >= 0.6 is 23.1 Å².